The number of benzene rings is 2. The molecule has 0 saturated carbocycles. The van der Waals surface area contributed by atoms with Crippen LogP contribution in [0.5, 0.6) is 0 Å². The number of morpholine rings is 1. The molecule has 0 unspecified atom stereocenters. The van der Waals surface area contributed by atoms with E-state index in [9.17, 15) is 4.79 Å². The summed E-state index contributed by atoms with van der Waals surface area (Å²) in [6.07, 6.45) is 0.671. The second-order valence-corrected chi connectivity index (χ2v) is 8.58. The summed E-state index contributed by atoms with van der Waals surface area (Å²) in [5, 5.41) is 6.70. The van der Waals surface area contributed by atoms with Gasteiger partial charge in [0.05, 0.1) is 25.5 Å². The third-order valence-corrected chi connectivity index (χ3v) is 6.30. The molecule has 0 spiro atoms. The van der Waals surface area contributed by atoms with Crippen LogP contribution < -0.4 is 5.01 Å². The van der Waals surface area contributed by atoms with Crippen molar-refractivity contribution in [2.75, 3.05) is 51.0 Å². The minimum absolute atomic E-state index is 0.237. The summed E-state index contributed by atoms with van der Waals surface area (Å²) >= 11 is 3.65. The van der Waals surface area contributed by atoms with Crippen LogP contribution in [0.15, 0.2) is 64.2 Å². The Morgan fingerprint density at radius 2 is 1.81 bits per heavy atom. The molecule has 32 heavy (non-hydrogen) atoms. The lowest BCUT2D eigenvalue weighted by atomic mass is 10.1. The standard InChI is InChI=1S/C24H29BrN4O3/c1-2-32-24(30)22-26-29(21-12-7-6-11-20(21)25)23(19-9-4-3-5-10-19)28(22)14-8-13-27-15-17-31-18-16-27/h3-7,9-12,23H,2,8,13-18H2,1H3/t23-/m1/s1. The molecule has 0 radical (unpaired) electrons. The fourth-order valence-corrected chi connectivity index (χ4v) is 4.57. The molecule has 2 aliphatic rings. The highest BCUT2D eigenvalue weighted by Crippen LogP contribution is 2.39. The molecule has 1 saturated heterocycles. The van der Waals surface area contributed by atoms with Crippen molar-refractivity contribution >= 4 is 33.4 Å². The quantitative estimate of drug-likeness (QED) is 0.512. The number of amidine groups is 1. The average molecular weight is 501 g/mol. The summed E-state index contributed by atoms with van der Waals surface area (Å²) in [5.41, 5.74) is 1.97. The molecular formula is C24H29BrN4O3. The van der Waals surface area contributed by atoms with Crippen LogP contribution in [0, 0.1) is 0 Å². The SMILES string of the molecule is CCOC(=O)C1=NN(c2ccccc2Br)[C@H](c2ccccc2)N1CCCN1CCOCC1. The van der Waals surface area contributed by atoms with Crippen molar-refractivity contribution in [3.05, 3.63) is 64.6 Å². The monoisotopic (exact) mass is 500 g/mol. The molecule has 2 aromatic carbocycles. The first-order valence-corrected chi connectivity index (χ1v) is 11.9. The molecule has 0 aromatic heterocycles. The molecule has 1 atom stereocenters. The highest BCUT2D eigenvalue weighted by molar-refractivity contribution is 9.10. The molecule has 0 bridgehead atoms. The van der Waals surface area contributed by atoms with Crippen LogP contribution in [0.1, 0.15) is 25.1 Å². The fraction of sp³-hybridized carbons (Fsp3) is 0.417. The van der Waals surface area contributed by atoms with E-state index in [1.807, 2.05) is 54.4 Å². The third kappa shape index (κ3) is 5.14. The number of carbonyl (C=O) groups excluding carboxylic acids is 1. The van der Waals surface area contributed by atoms with Gasteiger partial charge in [0.2, 0.25) is 5.84 Å². The largest absolute Gasteiger partial charge is 0.460 e. The Balaban J connectivity index is 1.64. The molecule has 2 aromatic rings. The van der Waals surface area contributed by atoms with E-state index in [0.717, 1.165) is 55.0 Å². The summed E-state index contributed by atoms with van der Waals surface area (Å²) in [7, 11) is 0. The van der Waals surface area contributed by atoms with Crippen molar-refractivity contribution in [1.29, 1.82) is 0 Å². The van der Waals surface area contributed by atoms with Gasteiger partial charge in [-0.25, -0.2) is 9.80 Å². The lowest BCUT2D eigenvalue weighted by Gasteiger charge is -2.33. The number of para-hydroxylation sites is 1. The van der Waals surface area contributed by atoms with Crippen molar-refractivity contribution in [3.8, 4) is 0 Å². The number of ether oxygens (including phenoxy) is 2. The lowest BCUT2D eigenvalue weighted by Crippen LogP contribution is -2.42. The molecule has 8 heteroatoms. The van der Waals surface area contributed by atoms with Gasteiger partial charge < -0.3 is 14.4 Å². The molecule has 0 amide bonds. The van der Waals surface area contributed by atoms with E-state index in [4.69, 9.17) is 14.6 Å². The normalized spacial score (nSPS) is 19.2. The van der Waals surface area contributed by atoms with E-state index in [0.29, 0.717) is 19.0 Å². The molecule has 4 rings (SSSR count). The van der Waals surface area contributed by atoms with Crippen molar-refractivity contribution in [1.82, 2.24) is 9.80 Å². The van der Waals surface area contributed by atoms with Crippen LogP contribution in [-0.4, -0.2) is 67.6 Å². The van der Waals surface area contributed by atoms with E-state index in [1.54, 1.807) is 0 Å². The average Bonchev–Trinajstić information content (AvgIpc) is 3.20. The number of nitrogens with zero attached hydrogens (tertiary/aromatic N) is 4. The van der Waals surface area contributed by atoms with E-state index in [1.165, 1.54) is 0 Å². The molecule has 2 heterocycles. The Morgan fingerprint density at radius 3 is 2.53 bits per heavy atom. The Kier molecular flexibility index (Phi) is 7.78. The fourth-order valence-electron chi connectivity index (χ4n) is 4.10. The van der Waals surface area contributed by atoms with Crippen molar-refractivity contribution < 1.29 is 14.3 Å². The third-order valence-electron chi connectivity index (χ3n) is 5.63. The summed E-state index contributed by atoms with van der Waals surface area (Å²) in [5.74, 6) is -0.0483. The number of anilines is 1. The predicted octanol–water partition coefficient (Wildman–Crippen LogP) is 3.87. The number of halogens is 1. The van der Waals surface area contributed by atoms with Crippen LogP contribution in [0.2, 0.25) is 0 Å². The van der Waals surface area contributed by atoms with Crippen LogP contribution >= 0.6 is 15.9 Å². The second kappa shape index (κ2) is 10.9. The van der Waals surface area contributed by atoms with Crippen LogP contribution in [0.3, 0.4) is 0 Å². The minimum Gasteiger partial charge on any atom is -0.460 e. The van der Waals surface area contributed by atoms with Gasteiger partial charge in [-0.15, -0.1) is 5.10 Å². The van der Waals surface area contributed by atoms with E-state index in [2.05, 4.69) is 37.9 Å². The van der Waals surface area contributed by atoms with Gasteiger partial charge in [0.1, 0.15) is 0 Å². The Morgan fingerprint density at radius 1 is 1.09 bits per heavy atom. The van der Waals surface area contributed by atoms with Gasteiger partial charge in [0, 0.05) is 30.7 Å². The van der Waals surface area contributed by atoms with Gasteiger partial charge in [-0.05, 0) is 47.0 Å². The summed E-state index contributed by atoms with van der Waals surface area (Å²) in [4.78, 5) is 17.4. The van der Waals surface area contributed by atoms with E-state index in [-0.39, 0.29) is 6.17 Å². The minimum atomic E-state index is -0.394. The van der Waals surface area contributed by atoms with Crippen LogP contribution in [-0.2, 0) is 14.3 Å². The smallest absolute Gasteiger partial charge is 0.376 e. The first kappa shape index (κ1) is 22.8. The number of rotatable bonds is 8. The highest BCUT2D eigenvalue weighted by atomic mass is 79.9. The second-order valence-electron chi connectivity index (χ2n) is 7.73. The Hall–Kier alpha value is -2.42. The number of hydrogen-bond acceptors (Lipinski definition) is 7. The van der Waals surface area contributed by atoms with Crippen molar-refractivity contribution in [2.45, 2.75) is 19.5 Å². The first-order chi connectivity index (χ1) is 15.7. The highest BCUT2D eigenvalue weighted by Gasteiger charge is 2.40. The van der Waals surface area contributed by atoms with Crippen molar-refractivity contribution in [2.24, 2.45) is 5.10 Å². The first-order valence-electron chi connectivity index (χ1n) is 11.1. The zero-order valence-corrected chi connectivity index (χ0v) is 19.9. The molecule has 2 aliphatic heterocycles. The van der Waals surface area contributed by atoms with E-state index < -0.39 is 5.97 Å². The summed E-state index contributed by atoms with van der Waals surface area (Å²) < 4.78 is 11.8. The number of esters is 1. The zero-order valence-electron chi connectivity index (χ0n) is 18.3. The Labute approximate surface area is 197 Å². The molecule has 0 N–H and O–H groups in total. The van der Waals surface area contributed by atoms with Gasteiger partial charge in [-0.2, -0.15) is 0 Å². The topological polar surface area (TPSA) is 57.6 Å². The predicted molar refractivity (Wildman–Crippen MR) is 128 cm³/mol. The Bertz CT molecular complexity index is 934. The summed E-state index contributed by atoms with van der Waals surface area (Å²) in [6, 6.07) is 18.1. The van der Waals surface area contributed by atoms with Gasteiger partial charge >= 0.3 is 5.97 Å². The van der Waals surface area contributed by atoms with Gasteiger partial charge in [-0.1, -0.05) is 42.5 Å². The lowest BCUT2D eigenvalue weighted by molar-refractivity contribution is -0.135. The zero-order chi connectivity index (χ0) is 22.3. The van der Waals surface area contributed by atoms with Crippen molar-refractivity contribution in [3.63, 3.8) is 0 Å². The van der Waals surface area contributed by atoms with Crippen LogP contribution in [0.25, 0.3) is 0 Å². The van der Waals surface area contributed by atoms with Gasteiger partial charge in [0.25, 0.3) is 0 Å². The maximum absolute atomic E-state index is 12.9. The van der Waals surface area contributed by atoms with E-state index >= 15 is 0 Å². The maximum atomic E-state index is 12.9. The van der Waals surface area contributed by atoms with Gasteiger partial charge in [-0.3, -0.25) is 4.90 Å². The van der Waals surface area contributed by atoms with Crippen LogP contribution in [0.4, 0.5) is 5.69 Å². The number of carbonyl (C=O) groups is 1. The molecule has 0 aliphatic carbocycles. The molecular weight excluding hydrogens is 472 g/mol. The molecule has 7 nitrogen and oxygen atoms in total. The molecule has 170 valence electrons. The maximum Gasteiger partial charge on any atom is 0.376 e. The number of hydrazone groups is 1. The number of hydrogen-bond donors (Lipinski definition) is 0. The summed E-state index contributed by atoms with van der Waals surface area (Å²) in [6.45, 7) is 7.22. The van der Waals surface area contributed by atoms with Gasteiger partial charge in [0.15, 0.2) is 6.17 Å². The molecule has 1 fully saturated rings.